The Kier molecular flexibility index (Phi) is 7.65. The molecule has 0 radical (unpaired) electrons. The summed E-state index contributed by atoms with van der Waals surface area (Å²) in [5, 5.41) is 1.57. The van der Waals surface area contributed by atoms with Gasteiger partial charge in [0, 0.05) is 29.7 Å². The Bertz CT molecular complexity index is 1040. The Morgan fingerprint density at radius 2 is 1.68 bits per heavy atom. The molecule has 1 saturated heterocycles. The lowest BCUT2D eigenvalue weighted by Gasteiger charge is -2.28. The van der Waals surface area contributed by atoms with E-state index in [0.29, 0.717) is 29.1 Å². The summed E-state index contributed by atoms with van der Waals surface area (Å²) in [5.74, 6) is 0.802. The van der Waals surface area contributed by atoms with Gasteiger partial charge in [-0.1, -0.05) is 40.9 Å². The predicted octanol–water partition coefficient (Wildman–Crippen LogP) is 5.63. The molecule has 0 saturated carbocycles. The molecule has 0 spiro atoms. The number of hydrogen-bond donors (Lipinski definition) is 0. The predicted molar refractivity (Wildman–Crippen MR) is 129 cm³/mol. The molecule has 0 atom stereocenters. The Labute approximate surface area is 191 Å². The summed E-state index contributed by atoms with van der Waals surface area (Å²) in [6.45, 7) is 3.76. The van der Waals surface area contributed by atoms with Crippen LogP contribution < -0.4 is 15.1 Å². The Morgan fingerprint density at radius 1 is 0.935 bits per heavy atom. The maximum Gasteiger partial charge on any atom is 0.235 e. The molecule has 1 aromatic heterocycles. The minimum Gasteiger partial charge on any atom is -0.486 e. The lowest BCUT2D eigenvalue weighted by molar-refractivity contribution is 0.122. The number of benzene rings is 2. The molecule has 164 valence electrons. The number of halogens is 1. The van der Waals surface area contributed by atoms with Gasteiger partial charge in [-0.15, -0.1) is 0 Å². The SMILES string of the molecule is O=c1c(OCCCCCCBr)c(-c2ccc(N3CCOCC3)cc2)oc2ccccc12. The van der Waals surface area contributed by atoms with E-state index in [9.17, 15) is 4.79 Å². The zero-order chi connectivity index (χ0) is 21.5. The summed E-state index contributed by atoms with van der Waals surface area (Å²) in [6, 6.07) is 15.5. The third kappa shape index (κ3) is 5.31. The number of ether oxygens (including phenoxy) is 2. The molecule has 4 rings (SSSR count). The second-order valence-electron chi connectivity index (χ2n) is 7.68. The number of anilines is 1. The summed E-state index contributed by atoms with van der Waals surface area (Å²) in [6.07, 6.45) is 4.29. The monoisotopic (exact) mass is 485 g/mol. The van der Waals surface area contributed by atoms with E-state index in [4.69, 9.17) is 13.9 Å². The third-order valence-electron chi connectivity index (χ3n) is 5.54. The molecule has 2 aromatic carbocycles. The lowest BCUT2D eigenvalue weighted by atomic mass is 10.1. The number of para-hydroxylation sites is 1. The van der Waals surface area contributed by atoms with E-state index in [-0.39, 0.29) is 5.43 Å². The van der Waals surface area contributed by atoms with Crippen LogP contribution in [-0.4, -0.2) is 38.2 Å². The first-order valence-corrected chi connectivity index (χ1v) is 12.1. The number of morpholine rings is 1. The van der Waals surface area contributed by atoms with Crippen LogP contribution in [0.2, 0.25) is 0 Å². The fourth-order valence-corrected chi connectivity index (χ4v) is 4.21. The first-order valence-electron chi connectivity index (χ1n) is 11.0. The smallest absolute Gasteiger partial charge is 0.235 e. The summed E-state index contributed by atoms with van der Waals surface area (Å²) >= 11 is 3.46. The number of nitrogens with zero attached hydrogens (tertiary/aromatic N) is 1. The van der Waals surface area contributed by atoms with Gasteiger partial charge in [-0.05, 0) is 49.2 Å². The summed E-state index contributed by atoms with van der Waals surface area (Å²) < 4.78 is 17.6. The minimum absolute atomic E-state index is 0.116. The average molecular weight is 486 g/mol. The molecule has 1 fully saturated rings. The van der Waals surface area contributed by atoms with Crippen molar-refractivity contribution in [2.45, 2.75) is 25.7 Å². The van der Waals surface area contributed by atoms with Crippen LogP contribution in [0.4, 0.5) is 5.69 Å². The van der Waals surface area contributed by atoms with Gasteiger partial charge in [0.15, 0.2) is 5.76 Å². The molecule has 5 nitrogen and oxygen atoms in total. The molecule has 2 heterocycles. The molecule has 1 aliphatic heterocycles. The van der Waals surface area contributed by atoms with Gasteiger partial charge in [0.2, 0.25) is 11.2 Å². The van der Waals surface area contributed by atoms with Crippen molar-refractivity contribution in [3.8, 4) is 17.1 Å². The van der Waals surface area contributed by atoms with Crippen molar-refractivity contribution < 1.29 is 13.9 Å². The van der Waals surface area contributed by atoms with Crippen LogP contribution in [0, 0.1) is 0 Å². The number of alkyl halides is 1. The van der Waals surface area contributed by atoms with Gasteiger partial charge in [-0.25, -0.2) is 0 Å². The van der Waals surface area contributed by atoms with E-state index in [1.54, 1.807) is 6.07 Å². The summed E-state index contributed by atoms with van der Waals surface area (Å²) in [4.78, 5) is 15.5. The third-order valence-corrected chi connectivity index (χ3v) is 6.10. The first-order chi connectivity index (χ1) is 15.3. The Balaban J connectivity index is 1.61. The molecule has 0 amide bonds. The van der Waals surface area contributed by atoms with Gasteiger partial charge < -0.3 is 18.8 Å². The van der Waals surface area contributed by atoms with Crippen LogP contribution in [0.3, 0.4) is 0 Å². The minimum atomic E-state index is -0.116. The van der Waals surface area contributed by atoms with Crippen molar-refractivity contribution in [2.24, 2.45) is 0 Å². The van der Waals surface area contributed by atoms with Crippen LogP contribution in [0.25, 0.3) is 22.3 Å². The fraction of sp³-hybridized carbons (Fsp3) is 0.400. The van der Waals surface area contributed by atoms with Crippen molar-refractivity contribution in [3.05, 3.63) is 58.8 Å². The Hall–Kier alpha value is -2.31. The number of unbranched alkanes of at least 4 members (excludes halogenated alkanes) is 3. The highest BCUT2D eigenvalue weighted by Crippen LogP contribution is 2.32. The summed E-state index contributed by atoms with van der Waals surface area (Å²) in [5.41, 5.74) is 2.44. The van der Waals surface area contributed by atoms with E-state index in [1.807, 2.05) is 30.3 Å². The van der Waals surface area contributed by atoms with Gasteiger partial charge >= 0.3 is 0 Å². The summed E-state index contributed by atoms with van der Waals surface area (Å²) in [7, 11) is 0. The topological polar surface area (TPSA) is 51.9 Å². The molecule has 0 aliphatic carbocycles. The van der Waals surface area contributed by atoms with Crippen molar-refractivity contribution in [1.29, 1.82) is 0 Å². The van der Waals surface area contributed by atoms with Crippen molar-refractivity contribution in [1.82, 2.24) is 0 Å². The molecular weight excluding hydrogens is 458 g/mol. The van der Waals surface area contributed by atoms with Gasteiger partial charge in [0.05, 0.1) is 25.2 Å². The van der Waals surface area contributed by atoms with Gasteiger partial charge in [-0.2, -0.15) is 0 Å². The zero-order valence-corrected chi connectivity index (χ0v) is 19.2. The maximum atomic E-state index is 13.2. The molecule has 1 aliphatic rings. The standard InChI is InChI=1S/C25H28BrNO4/c26-13-5-1-2-6-16-30-25-23(28)21-7-3-4-8-22(21)31-24(25)19-9-11-20(12-10-19)27-14-17-29-18-15-27/h3-4,7-12H,1-2,5-6,13-18H2. The highest BCUT2D eigenvalue weighted by atomic mass is 79.9. The zero-order valence-electron chi connectivity index (χ0n) is 17.6. The maximum absolute atomic E-state index is 13.2. The van der Waals surface area contributed by atoms with Crippen LogP contribution in [-0.2, 0) is 4.74 Å². The highest BCUT2D eigenvalue weighted by Gasteiger charge is 2.18. The number of fused-ring (bicyclic) bond motifs is 1. The van der Waals surface area contributed by atoms with Crippen LogP contribution >= 0.6 is 15.9 Å². The quantitative estimate of drug-likeness (QED) is 0.290. The molecule has 0 unspecified atom stereocenters. The number of rotatable bonds is 9. The molecular formula is C25H28BrNO4. The molecule has 3 aromatic rings. The molecule has 6 heteroatoms. The lowest BCUT2D eigenvalue weighted by Crippen LogP contribution is -2.36. The van der Waals surface area contributed by atoms with Crippen LogP contribution in [0.5, 0.6) is 5.75 Å². The first kappa shape index (κ1) is 21.9. The van der Waals surface area contributed by atoms with Crippen molar-refractivity contribution in [3.63, 3.8) is 0 Å². The van der Waals surface area contributed by atoms with Gasteiger partial charge in [0.25, 0.3) is 0 Å². The van der Waals surface area contributed by atoms with Gasteiger partial charge in [0.1, 0.15) is 5.58 Å². The second kappa shape index (κ2) is 10.8. The van der Waals surface area contributed by atoms with E-state index < -0.39 is 0 Å². The second-order valence-corrected chi connectivity index (χ2v) is 8.48. The largest absolute Gasteiger partial charge is 0.486 e. The van der Waals surface area contributed by atoms with Gasteiger partial charge in [-0.3, -0.25) is 4.79 Å². The highest BCUT2D eigenvalue weighted by molar-refractivity contribution is 9.09. The Morgan fingerprint density at radius 3 is 2.45 bits per heavy atom. The van der Waals surface area contributed by atoms with E-state index in [0.717, 1.165) is 68.6 Å². The molecule has 31 heavy (non-hydrogen) atoms. The van der Waals surface area contributed by atoms with Crippen LogP contribution in [0.1, 0.15) is 25.7 Å². The van der Waals surface area contributed by atoms with Crippen LogP contribution in [0.15, 0.2) is 57.7 Å². The average Bonchev–Trinajstić information content (AvgIpc) is 2.83. The number of hydrogen-bond acceptors (Lipinski definition) is 5. The normalized spacial score (nSPS) is 14.2. The van der Waals surface area contributed by atoms with Crippen molar-refractivity contribution in [2.75, 3.05) is 43.1 Å². The fourth-order valence-electron chi connectivity index (χ4n) is 3.82. The van der Waals surface area contributed by atoms with Crippen molar-refractivity contribution >= 4 is 32.6 Å². The van der Waals surface area contributed by atoms with E-state index in [2.05, 4.69) is 33.0 Å². The van der Waals surface area contributed by atoms with E-state index >= 15 is 0 Å². The van der Waals surface area contributed by atoms with E-state index in [1.165, 1.54) is 0 Å². The molecule has 0 bridgehead atoms. The molecule has 0 N–H and O–H groups in total.